The van der Waals surface area contributed by atoms with Gasteiger partial charge in [0.15, 0.2) is 0 Å². The maximum Gasteiger partial charge on any atom is 0.126 e. The van der Waals surface area contributed by atoms with Crippen LogP contribution in [0, 0.1) is 5.82 Å². The predicted octanol–water partition coefficient (Wildman–Crippen LogP) is 4.27. The molecular formula is C16H18FNO. The fourth-order valence-electron chi connectivity index (χ4n) is 2.09. The molecule has 0 aliphatic carbocycles. The number of nitrogens with one attached hydrogen (secondary N) is 1. The van der Waals surface area contributed by atoms with Gasteiger partial charge < -0.3 is 10.4 Å². The molecule has 2 rings (SSSR count). The van der Waals surface area contributed by atoms with E-state index in [1.807, 2.05) is 19.1 Å². The van der Waals surface area contributed by atoms with Gasteiger partial charge in [-0.3, -0.25) is 0 Å². The van der Waals surface area contributed by atoms with Gasteiger partial charge in [0.25, 0.3) is 0 Å². The second-order valence-electron chi connectivity index (χ2n) is 4.62. The summed E-state index contributed by atoms with van der Waals surface area (Å²) in [6, 6.07) is 12.1. The number of anilines is 1. The smallest absolute Gasteiger partial charge is 0.126 e. The Morgan fingerprint density at radius 1 is 1.21 bits per heavy atom. The lowest BCUT2D eigenvalue weighted by Crippen LogP contribution is -2.07. The number of hydrogen-bond acceptors (Lipinski definition) is 2. The van der Waals surface area contributed by atoms with Gasteiger partial charge in [-0.25, -0.2) is 4.39 Å². The molecule has 2 aromatic rings. The van der Waals surface area contributed by atoms with E-state index >= 15 is 0 Å². The zero-order chi connectivity index (χ0) is 13.8. The van der Waals surface area contributed by atoms with Crippen molar-refractivity contribution in [3.63, 3.8) is 0 Å². The Hall–Kier alpha value is -2.03. The van der Waals surface area contributed by atoms with E-state index < -0.39 is 5.82 Å². The van der Waals surface area contributed by atoms with Gasteiger partial charge >= 0.3 is 0 Å². The molecule has 0 saturated heterocycles. The molecule has 19 heavy (non-hydrogen) atoms. The van der Waals surface area contributed by atoms with Gasteiger partial charge in [0.2, 0.25) is 0 Å². The van der Waals surface area contributed by atoms with Crippen LogP contribution in [0.3, 0.4) is 0 Å². The van der Waals surface area contributed by atoms with E-state index in [1.54, 1.807) is 6.07 Å². The summed E-state index contributed by atoms with van der Waals surface area (Å²) >= 11 is 0. The van der Waals surface area contributed by atoms with Crippen molar-refractivity contribution in [1.82, 2.24) is 0 Å². The van der Waals surface area contributed by atoms with Crippen molar-refractivity contribution in [3.05, 3.63) is 59.4 Å². The molecule has 0 amide bonds. The molecule has 100 valence electrons. The van der Waals surface area contributed by atoms with Gasteiger partial charge in [-0.2, -0.15) is 0 Å². The molecule has 0 radical (unpaired) electrons. The van der Waals surface area contributed by atoms with Crippen molar-refractivity contribution < 1.29 is 9.50 Å². The van der Waals surface area contributed by atoms with Crippen LogP contribution in [0.4, 0.5) is 10.1 Å². The number of aryl methyl sites for hydroxylation is 1. The van der Waals surface area contributed by atoms with Crippen molar-refractivity contribution in [2.24, 2.45) is 0 Å². The van der Waals surface area contributed by atoms with Crippen molar-refractivity contribution in [2.45, 2.75) is 26.3 Å². The zero-order valence-electron chi connectivity index (χ0n) is 11.2. The summed E-state index contributed by atoms with van der Waals surface area (Å²) in [6.45, 7) is 4.04. The molecule has 2 nitrogen and oxygen atoms in total. The molecule has 0 fully saturated rings. The molecule has 0 aliphatic heterocycles. The number of halogens is 1. The van der Waals surface area contributed by atoms with Gasteiger partial charge in [0, 0.05) is 17.3 Å². The van der Waals surface area contributed by atoms with Crippen LogP contribution in [-0.4, -0.2) is 5.11 Å². The summed E-state index contributed by atoms with van der Waals surface area (Å²) in [6.07, 6.45) is 0.978. The Morgan fingerprint density at radius 3 is 2.68 bits per heavy atom. The monoisotopic (exact) mass is 259 g/mol. The molecule has 0 aliphatic rings. The number of benzene rings is 2. The standard InChI is InChI=1S/C16H18FNO/c1-3-12-5-4-6-14(9-12)18-11(2)15-8-7-13(17)10-16(15)19/h4-11,18-19H,3H2,1-2H3. The van der Waals surface area contributed by atoms with Crippen molar-refractivity contribution in [3.8, 4) is 5.75 Å². The van der Waals surface area contributed by atoms with E-state index in [-0.39, 0.29) is 11.8 Å². The third-order valence-corrected chi connectivity index (χ3v) is 3.18. The first-order valence-corrected chi connectivity index (χ1v) is 6.44. The summed E-state index contributed by atoms with van der Waals surface area (Å²) in [5.41, 5.74) is 2.93. The number of aromatic hydroxyl groups is 1. The first kappa shape index (κ1) is 13.4. The van der Waals surface area contributed by atoms with Gasteiger partial charge in [-0.05, 0) is 37.1 Å². The first-order chi connectivity index (χ1) is 9.10. The van der Waals surface area contributed by atoms with Gasteiger partial charge in [-0.1, -0.05) is 25.1 Å². The Labute approximate surface area is 112 Å². The second kappa shape index (κ2) is 5.74. The van der Waals surface area contributed by atoms with Crippen LogP contribution in [0.25, 0.3) is 0 Å². The quantitative estimate of drug-likeness (QED) is 0.859. The Balaban J connectivity index is 2.17. The Bertz CT molecular complexity index is 568. The number of phenols is 1. The minimum atomic E-state index is -0.429. The zero-order valence-corrected chi connectivity index (χ0v) is 11.2. The normalized spacial score (nSPS) is 12.2. The number of rotatable bonds is 4. The molecule has 0 bridgehead atoms. The van der Waals surface area contributed by atoms with Gasteiger partial charge in [0.05, 0.1) is 6.04 Å². The van der Waals surface area contributed by atoms with Crippen molar-refractivity contribution >= 4 is 5.69 Å². The molecule has 2 N–H and O–H groups in total. The van der Waals surface area contributed by atoms with Crippen LogP contribution in [0.15, 0.2) is 42.5 Å². The minimum Gasteiger partial charge on any atom is -0.507 e. The minimum absolute atomic E-state index is 0.0216. The largest absolute Gasteiger partial charge is 0.507 e. The number of phenolic OH excluding ortho intramolecular Hbond substituents is 1. The van der Waals surface area contributed by atoms with Crippen molar-refractivity contribution in [1.29, 1.82) is 0 Å². The maximum absolute atomic E-state index is 13.0. The van der Waals surface area contributed by atoms with Crippen LogP contribution < -0.4 is 5.32 Å². The predicted molar refractivity (Wildman–Crippen MR) is 75.9 cm³/mol. The van der Waals surface area contributed by atoms with E-state index in [9.17, 15) is 9.50 Å². The summed E-state index contributed by atoms with van der Waals surface area (Å²) in [5, 5.41) is 13.1. The van der Waals surface area contributed by atoms with Crippen LogP contribution in [-0.2, 0) is 6.42 Å². The fraction of sp³-hybridized carbons (Fsp3) is 0.250. The van der Waals surface area contributed by atoms with E-state index in [4.69, 9.17) is 0 Å². The van der Waals surface area contributed by atoms with E-state index in [2.05, 4.69) is 24.4 Å². The lowest BCUT2D eigenvalue weighted by molar-refractivity contribution is 0.459. The molecule has 0 heterocycles. The van der Waals surface area contributed by atoms with E-state index in [0.29, 0.717) is 5.56 Å². The number of hydrogen-bond donors (Lipinski definition) is 2. The molecule has 2 aromatic carbocycles. The summed E-state index contributed by atoms with van der Waals surface area (Å²) in [4.78, 5) is 0. The molecule has 0 saturated carbocycles. The van der Waals surface area contributed by atoms with Gasteiger partial charge in [0.1, 0.15) is 11.6 Å². The van der Waals surface area contributed by atoms with E-state index in [1.165, 1.54) is 11.6 Å². The molecule has 1 unspecified atom stereocenters. The highest BCUT2D eigenvalue weighted by Gasteiger charge is 2.11. The maximum atomic E-state index is 13.0. The van der Waals surface area contributed by atoms with Crippen LogP contribution in [0.5, 0.6) is 5.75 Å². The average Bonchev–Trinajstić information content (AvgIpc) is 2.38. The summed E-state index contributed by atoms with van der Waals surface area (Å²) < 4.78 is 13.0. The topological polar surface area (TPSA) is 32.3 Å². The van der Waals surface area contributed by atoms with Crippen LogP contribution in [0.2, 0.25) is 0 Å². The molecule has 0 aromatic heterocycles. The lowest BCUT2D eigenvalue weighted by Gasteiger charge is -2.17. The molecule has 0 spiro atoms. The third kappa shape index (κ3) is 3.25. The molecular weight excluding hydrogens is 241 g/mol. The highest BCUT2D eigenvalue weighted by molar-refractivity contribution is 5.49. The summed E-state index contributed by atoms with van der Waals surface area (Å²) in [5.74, 6) is -0.451. The van der Waals surface area contributed by atoms with Crippen LogP contribution >= 0.6 is 0 Å². The van der Waals surface area contributed by atoms with Crippen LogP contribution in [0.1, 0.15) is 31.0 Å². The molecule has 1 atom stereocenters. The van der Waals surface area contributed by atoms with Crippen molar-refractivity contribution in [2.75, 3.05) is 5.32 Å². The molecule has 3 heteroatoms. The fourth-order valence-corrected chi connectivity index (χ4v) is 2.09. The lowest BCUT2D eigenvalue weighted by atomic mass is 10.1. The second-order valence-corrected chi connectivity index (χ2v) is 4.62. The third-order valence-electron chi connectivity index (χ3n) is 3.18. The Morgan fingerprint density at radius 2 is 2.00 bits per heavy atom. The highest BCUT2D eigenvalue weighted by atomic mass is 19.1. The highest BCUT2D eigenvalue weighted by Crippen LogP contribution is 2.27. The SMILES string of the molecule is CCc1cccc(NC(C)c2ccc(F)cc2O)c1. The van der Waals surface area contributed by atoms with E-state index in [0.717, 1.165) is 18.2 Å². The summed E-state index contributed by atoms with van der Waals surface area (Å²) in [7, 11) is 0. The first-order valence-electron chi connectivity index (χ1n) is 6.44. The Kier molecular flexibility index (Phi) is 4.05. The average molecular weight is 259 g/mol. The van der Waals surface area contributed by atoms with Gasteiger partial charge in [-0.15, -0.1) is 0 Å².